The van der Waals surface area contributed by atoms with Gasteiger partial charge in [-0.2, -0.15) is 0 Å². The molecule has 0 fully saturated rings. The van der Waals surface area contributed by atoms with Crippen LogP contribution in [0.2, 0.25) is 0 Å². The number of benzene rings is 3. The Morgan fingerprint density at radius 1 is 0.793 bits per heavy atom. The van der Waals surface area contributed by atoms with Crippen molar-refractivity contribution in [3.05, 3.63) is 120 Å². The number of alkyl carbamates (subject to hydrolysis) is 1. The molecular formula is C26H27NO2. The molecule has 0 radical (unpaired) electrons. The topological polar surface area (TPSA) is 38.3 Å². The van der Waals surface area contributed by atoms with Gasteiger partial charge >= 0.3 is 6.09 Å². The van der Waals surface area contributed by atoms with Crippen molar-refractivity contribution in [3.63, 3.8) is 0 Å². The lowest BCUT2D eigenvalue weighted by Crippen LogP contribution is -2.35. The summed E-state index contributed by atoms with van der Waals surface area (Å²) in [5.41, 5.74) is 3.46. The van der Waals surface area contributed by atoms with Crippen LogP contribution in [0.25, 0.3) is 0 Å². The number of ether oxygens (including phenoxy) is 1. The maximum absolute atomic E-state index is 12.3. The Balaban J connectivity index is 1.54. The summed E-state index contributed by atoms with van der Waals surface area (Å²) in [7, 11) is 0. The molecule has 0 aliphatic rings. The zero-order chi connectivity index (χ0) is 20.2. The summed E-state index contributed by atoms with van der Waals surface area (Å²) in [6.45, 7) is 0.266. The fourth-order valence-electron chi connectivity index (χ4n) is 3.11. The molecule has 3 heteroatoms. The molecule has 1 atom stereocenters. The van der Waals surface area contributed by atoms with E-state index in [4.69, 9.17) is 4.74 Å². The zero-order valence-corrected chi connectivity index (χ0v) is 16.5. The fourth-order valence-corrected chi connectivity index (χ4v) is 3.11. The van der Waals surface area contributed by atoms with Crippen LogP contribution < -0.4 is 5.32 Å². The number of hydrogen-bond acceptors (Lipinski definition) is 2. The summed E-state index contributed by atoms with van der Waals surface area (Å²) in [4.78, 5) is 12.3. The first kappa shape index (κ1) is 20.4. The predicted molar refractivity (Wildman–Crippen MR) is 118 cm³/mol. The summed E-state index contributed by atoms with van der Waals surface area (Å²) in [6.07, 6.45) is 6.44. The van der Waals surface area contributed by atoms with Crippen LogP contribution in [0.5, 0.6) is 0 Å². The highest BCUT2D eigenvalue weighted by atomic mass is 16.5. The average Bonchev–Trinajstić information content (AvgIpc) is 2.77. The molecule has 0 aliphatic carbocycles. The van der Waals surface area contributed by atoms with Gasteiger partial charge in [0, 0.05) is 0 Å². The molecule has 0 bridgehead atoms. The van der Waals surface area contributed by atoms with E-state index in [0.29, 0.717) is 0 Å². The van der Waals surface area contributed by atoms with Gasteiger partial charge in [0.2, 0.25) is 0 Å². The minimum Gasteiger partial charge on any atom is -0.445 e. The molecule has 1 amide bonds. The molecule has 3 rings (SSSR count). The molecule has 0 heterocycles. The number of hydrogen-bond donors (Lipinski definition) is 1. The van der Waals surface area contributed by atoms with E-state index in [-0.39, 0.29) is 12.6 Å². The Morgan fingerprint density at radius 2 is 1.34 bits per heavy atom. The summed E-state index contributed by atoms with van der Waals surface area (Å²) in [5.74, 6) is 0. The van der Waals surface area contributed by atoms with Gasteiger partial charge in [0.25, 0.3) is 0 Å². The normalized spacial score (nSPS) is 11.9. The molecule has 0 aromatic heterocycles. The molecular weight excluding hydrogens is 358 g/mol. The van der Waals surface area contributed by atoms with Gasteiger partial charge in [-0.05, 0) is 36.0 Å². The molecule has 3 aromatic carbocycles. The fraction of sp³-hybridized carbons (Fsp3) is 0.192. The van der Waals surface area contributed by atoms with E-state index in [0.717, 1.165) is 24.8 Å². The summed E-state index contributed by atoms with van der Waals surface area (Å²) >= 11 is 0. The van der Waals surface area contributed by atoms with Crippen molar-refractivity contribution in [3.8, 4) is 0 Å². The number of aryl methyl sites for hydroxylation is 1. The smallest absolute Gasteiger partial charge is 0.407 e. The maximum Gasteiger partial charge on any atom is 0.407 e. The largest absolute Gasteiger partial charge is 0.445 e. The Labute approximate surface area is 173 Å². The van der Waals surface area contributed by atoms with Gasteiger partial charge in [0.1, 0.15) is 6.61 Å². The first-order chi connectivity index (χ1) is 14.3. The Hall–Kier alpha value is -3.33. The maximum atomic E-state index is 12.3. The third-order valence-electron chi connectivity index (χ3n) is 4.63. The lowest BCUT2D eigenvalue weighted by Gasteiger charge is -2.15. The molecule has 0 saturated carbocycles. The Bertz CT molecular complexity index is 876. The molecule has 148 valence electrons. The van der Waals surface area contributed by atoms with Gasteiger partial charge in [-0.25, -0.2) is 4.79 Å². The van der Waals surface area contributed by atoms with Crippen molar-refractivity contribution in [1.82, 2.24) is 5.32 Å². The van der Waals surface area contributed by atoms with Crippen molar-refractivity contribution in [2.75, 3.05) is 0 Å². The number of carbonyl (C=O) groups is 1. The molecule has 0 spiro atoms. The first-order valence-corrected chi connectivity index (χ1v) is 10.0. The van der Waals surface area contributed by atoms with Crippen LogP contribution in [0.4, 0.5) is 4.79 Å². The highest BCUT2D eigenvalue weighted by Crippen LogP contribution is 2.08. The number of rotatable bonds is 9. The zero-order valence-electron chi connectivity index (χ0n) is 16.5. The number of nitrogens with one attached hydrogen (secondary N) is 1. The van der Waals surface area contributed by atoms with E-state index in [1.165, 1.54) is 11.1 Å². The van der Waals surface area contributed by atoms with Crippen LogP contribution in [0.15, 0.2) is 103 Å². The minimum atomic E-state index is -0.400. The van der Waals surface area contributed by atoms with Crippen LogP contribution >= 0.6 is 0 Å². The van der Waals surface area contributed by atoms with E-state index in [9.17, 15) is 4.79 Å². The van der Waals surface area contributed by atoms with Crippen molar-refractivity contribution in [2.45, 2.75) is 31.9 Å². The highest BCUT2D eigenvalue weighted by molar-refractivity contribution is 5.68. The van der Waals surface area contributed by atoms with E-state index in [1.807, 2.05) is 54.6 Å². The highest BCUT2D eigenvalue weighted by Gasteiger charge is 2.11. The summed E-state index contributed by atoms with van der Waals surface area (Å²) in [6, 6.07) is 30.2. The van der Waals surface area contributed by atoms with Crippen LogP contribution in [0, 0.1) is 0 Å². The predicted octanol–water partition coefficient (Wildman–Crippen LogP) is 5.71. The molecule has 3 aromatic rings. The van der Waals surface area contributed by atoms with Crippen molar-refractivity contribution < 1.29 is 9.53 Å². The third-order valence-corrected chi connectivity index (χ3v) is 4.63. The van der Waals surface area contributed by atoms with Crippen molar-refractivity contribution >= 4 is 6.09 Å². The Kier molecular flexibility index (Phi) is 8.09. The van der Waals surface area contributed by atoms with E-state index < -0.39 is 6.09 Å². The van der Waals surface area contributed by atoms with Gasteiger partial charge in [0.15, 0.2) is 0 Å². The van der Waals surface area contributed by atoms with Crippen LogP contribution in [0.1, 0.15) is 23.1 Å². The van der Waals surface area contributed by atoms with Gasteiger partial charge < -0.3 is 10.1 Å². The molecule has 29 heavy (non-hydrogen) atoms. The average molecular weight is 386 g/mol. The lowest BCUT2D eigenvalue weighted by molar-refractivity contribution is 0.137. The van der Waals surface area contributed by atoms with Crippen molar-refractivity contribution in [1.29, 1.82) is 0 Å². The summed E-state index contributed by atoms with van der Waals surface area (Å²) < 4.78 is 5.39. The van der Waals surface area contributed by atoms with Gasteiger partial charge in [-0.1, -0.05) is 103 Å². The first-order valence-electron chi connectivity index (χ1n) is 10.0. The van der Waals surface area contributed by atoms with Gasteiger partial charge in [0.05, 0.1) is 6.04 Å². The van der Waals surface area contributed by atoms with E-state index >= 15 is 0 Å². The Morgan fingerprint density at radius 3 is 1.97 bits per heavy atom. The quantitative estimate of drug-likeness (QED) is 0.479. The standard InChI is InChI=1S/C26H27NO2/c28-26(29-21-24-17-8-3-9-18-24)27-25(20-23-15-6-2-7-16-23)19-11-10-14-22-12-4-1-5-13-22/h1-9,11-13,15-19,25H,10,14,20-21H2,(H,27,28)/b19-11+. The van der Waals surface area contributed by atoms with Crippen LogP contribution in [-0.2, 0) is 24.2 Å². The summed E-state index contributed by atoms with van der Waals surface area (Å²) in [5, 5.41) is 2.99. The van der Waals surface area contributed by atoms with E-state index in [2.05, 4.69) is 53.9 Å². The van der Waals surface area contributed by atoms with Crippen LogP contribution in [-0.4, -0.2) is 12.1 Å². The minimum absolute atomic E-state index is 0.114. The van der Waals surface area contributed by atoms with Crippen molar-refractivity contribution in [2.24, 2.45) is 0 Å². The number of amides is 1. The second-order valence-corrected chi connectivity index (χ2v) is 6.95. The van der Waals surface area contributed by atoms with Gasteiger partial charge in [-0.3, -0.25) is 0 Å². The lowest BCUT2D eigenvalue weighted by atomic mass is 10.0. The molecule has 0 saturated heterocycles. The second-order valence-electron chi connectivity index (χ2n) is 6.95. The molecule has 1 unspecified atom stereocenters. The SMILES string of the molecule is O=C(NC(/C=C/CCc1ccccc1)Cc1ccccc1)OCc1ccccc1. The second kappa shape index (κ2) is 11.5. The van der Waals surface area contributed by atoms with Crippen LogP contribution in [0.3, 0.4) is 0 Å². The van der Waals surface area contributed by atoms with Gasteiger partial charge in [-0.15, -0.1) is 0 Å². The third kappa shape index (κ3) is 7.67. The number of carbonyl (C=O) groups excluding carboxylic acids is 1. The van der Waals surface area contributed by atoms with E-state index in [1.54, 1.807) is 0 Å². The molecule has 1 N–H and O–H groups in total. The monoisotopic (exact) mass is 385 g/mol. The molecule has 0 aliphatic heterocycles. The number of allylic oxidation sites excluding steroid dienone is 1. The molecule has 3 nitrogen and oxygen atoms in total.